The second kappa shape index (κ2) is 7.21. The molecule has 2 atom stereocenters. The van der Waals surface area contributed by atoms with Crippen molar-refractivity contribution < 1.29 is 27.6 Å². The molecule has 1 aromatic carbocycles. The van der Waals surface area contributed by atoms with Crippen LogP contribution in [-0.2, 0) is 19.5 Å². The van der Waals surface area contributed by atoms with Crippen LogP contribution in [0.4, 0.5) is 5.69 Å². The number of sulfonamides is 1. The number of hydrogen-bond acceptors (Lipinski definition) is 7. The Morgan fingerprint density at radius 3 is 2.70 bits per heavy atom. The van der Waals surface area contributed by atoms with Gasteiger partial charge in [-0.1, -0.05) is 0 Å². The fourth-order valence-electron chi connectivity index (χ4n) is 2.22. The predicted molar refractivity (Wildman–Crippen MR) is 79.7 cm³/mol. The first-order chi connectivity index (χ1) is 10.8. The summed E-state index contributed by atoms with van der Waals surface area (Å²) in [6, 6.07) is 3.27. The lowest BCUT2D eigenvalue weighted by molar-refractivity contribution is -0.386. The summed E-state index contributed by atoms with van der Waals surface area (Å²) in [7, 11) is -2.41. The summed E-state index contributed by atoms with van der Waals surface area (Å²) in [6.07, 6.45) is 1.38. The summed E-state index contributed by atoms with van der Waals surface area (Å²) in [6.45, 7) is 0.572. The minimum atomic E-state index is -4.02. The number of rotatable bonds is 6. The van der Waals surface area contributed by atoms with Gasteiger partial charge in [0.1, 0.15) is 6.61 Å². The highest BCUT2D eigenvalue weighted by atomic mass is 32.2. The minimum absolute atomic E-state index is 0.0279. The van der Waals surface area contributed by atoms with Crippen molar-refractivity contribution in [2.45, 2.75) is 29.9 Å². The topological polar surface area (TPSA) is 131 Å². The van der Waals surface area contributed by atoms with E-state index >= 15 is 0 Å². The molecule has 10 heteroatoms. The maximum absolute atomic E-state index is 11.3. The monoisotopic (exact) mass is 346 g/mol. The van der Waals surface area contributed by atoms with E-state index in [1.807, 2.05) is 0 Å². The van der Waals surface area contributed by atoms with Gasteiger partial charge in [0.15, 0.2) is 5.75 Å². The Morgan fingerprint density at radius 1 is 1.43 bits per heavy atom. The molecule has 0 spiro atoms. The van der Waals surface area contributed by atoms with Gasteiger partial charge in [0.25, 0.3) is 0 Å². The van der Waals surface area contributed by atoms with Crippen LogP contribution in [0.15, 0.2) is 23.1 Å². The second-order valence-electron chi connectivity index (χ2n) is 5.13. The van der Waals surface area contributed by atoms with E-state index in [-0.39, 0.29) is 29.5 Å². The van der Waals surface area contributed by atoms with Gasteiger partial charge in [0.05, 0.1) is 28.6 Å². The van der Waals surface area contributed by atoms with Crippen LogP contribution < -0.4 is 9.88 Å². The van der Waals surface area contributed by atoms with Crippen LogP contribution in [0.2, 0.25) is 0 Å². The van der Waals surface area contributed by atoms with Crippen molar-refractivity contribution in [1.82, 2.24) is 0 Å². The van der Waals surface area contributed by atoms with E-state index in [2.05, 4.69) is 0 Å². The van der Waals surface area contributed by atoms with Crippen LogP contribution in [0, 0.1) is 10.1 Å². The van der Waals surface area contributed by atoms with E-state index in [4.69, 9.17) is 19.3 Å². The first kappa shape index (κ1) is 17.6. The number of nitrogens with zero attached hydrogens (tertiary/aromatic N) is 1. The molecule has 0 saturated carbocycles. The molecule has 1 aliphatic heterocycles. The van der Waals surface area contributed by atoms with Crippen LogP contribution in [0.3, 0.4) is 0 Å². The molecule has 1 aliphatic rings. The van der Waals surface area contributed by atoms with Crippen molar-refractivity contribution in [2.24, 2.45) is 5.14 Å². The fourth-order valence-corrected chi connectivity index (χ4v) is 2.75. The maximum Gasteiger partial charge on any atom is 0.312 e. The zero-order chi connectivity index (χ0) is 17.0. The SMILES string of the molecule is CO[C@@H]1CC[C@@H](COc2ccc(S(N)(=O)=O)cc2[N+](=O)[O-])OC1. The Balaban J connectivity index is 2.06. The third-order valence-electron chi connectivity index (χ3n) is 3.54. The summed E-state index contributed by atoms with van der Waals surface area (Å²) in [5.41, 5.74) is -0.456. The Hall–Kier alpha value is -1.75. The molecule has 0 radical (unpaired) electrons. The molecule has 0 aliphatic carbocycles. The zero-order valence-corrected chi connectivity index (χ0v) is 13.3. The van der Waals surface area contributed by atoms with Crippen LogP contribution in [0.1, 0.15) is 12.8 Å². The second-order valence-corrected chi connectivity index (χ2v) is 6.69. The number of ether oxygens (including phenoxy) is 3. The van der Waals surface area contributed by atoms with Gasteiger partial charge in [0.2, 0.25) is 10.0 Å². The lowest BCUT2D eigenvalue weighted by Gasteiger charge is -2.27. The number of benzene rings is 1. The standard InChI is InChI=1S/C13H18N2O7S/c1-20-9-2-3-10(21-7-9)8-22-13-5-4-11(23(14,18)19)6-12(13)15(16)17/h4-6,9-10H,2-3,7-8H2,1H3,(H2,14,18,19)/t9-,10+/m1/s1. The Bertz CT molecular complexity index is 669. The van der Waals surface area contributed by atoms with Gasteiger partial charge in [-0.15, -0.1) is 0 Å². The van der Waals surface area contributed by atoms with E-state index in [1.54, 1.807) is 7.11 Å². The zero-order valence-electron chi connectivity index (χ0n) is 12.5. The highest BCUT2D eigenvalue weighted by Gasteiger charge is 2.24. The lowest BCUT2D eigenvalue weighted by atomic mass is 10.1. The summed E-state index contributed by atoms with van der Waals surface area (Å²) in [5, 5.41) is 16.0. The number of nitro groups is 1. The molecule has 1 heterocycles. The van der Waals surface area contributed by atoms with E-state index < -0.39 is 20.6 Å². The van der Waals surface area contributed by atoms with Gasteiger partial charge in [-0.2, -0.15) is 0 Å². The van der Waals surface area contributed by atoms with Gasteiger partial charge in [-0.25, -0.2) is 13.6 Å². The van der Waals surface area contributed by atoms with E-state index in [0.717, 1.165) is 12.5 Å². The van der Waals surface area contributed by atoms with Gasteiger partial charge in [0, 0.05) is 13.2 Å². The van der Waals surface area contributed by atoms with E-state index in [9.17, 15) is 18.5 Å². The molecular formula is C13H18N2O7S. The van der Waals surface area contributed by atoms with Crippen molar-refractivity contribution >= 4 is 15.7 Å². The van der Waals surface area contributed by atoms with E-state index in [1.165, 1.54) is 12.1 Å². The number of hydrogen-bond donors (Lipinski definition) is 1. The third kappa shape index (κ3) is 4.61. The molecule has 0 amide bonds. The van der Waals surface area contributed by atoms with Gasteiger partial charge in [-0.05, 0) is 25.0 Å². The molecule has 23 heavy (non-hydrogen) atoms. The summed E-state index contributed by atoms with van der Waals surface area (Å²) in [5.74, 6) is -0.0279. The molecule has 128 valence electrons. The van der Waals surface area contributed by atoms with Crippen molar-refractivity contribution in [3.63, 3.8) is 0 Å². The van der Waals surface area contributed by atoms with Crippen molar-refractivity contribution in [1.29, 1.82) is 0 Å². The van der Waals surface area contributed by atoms with Gasteiger partial charge >= 0.3 is 5.69 Å². The van der Waals surface area contributed by atoms with Crippen LogP contribution >= 0.6 is 0 Å². The van der Waals surface area contributed by atoms with E-state index in [0.29, 0.717) is 13.0 Å². The minimum Gasteiger partial charge on any atom is -0.484 e. The largest absolute Gasteiger partial charge is 0.484 e. The normalized spacial score (nSPS) is 21.8. The van der Waals surface area contributed by atoms with Crippen LogP contribution in [0.5, 0.6) is 5.75 Å². The first-order valence-electron chi connectivity index (χ1n) is 6.89. The van der Waals surface area contributed by atoms with Crippen molar-refractivity contribution in [3.8, 4) is 5.75 Å². The number of primary sulfonamides is 1. The Kier molecular flexibility index (Phi) is 5.52. The first-order valence-corrected chi connectivity index (χ1v) is 8.44. The van der Waals surface area contributed by atoms with Crippen molar-refractivity contribution in [2.75, 3.05) is 20.3 Å². The summed E-state index contributed by atoms with van der Waals surface area (Å²) >= 11 is 0. The quantitative estimate of drug-likeness (QED) is 0.595. The molecule has 0 bridgehead atoms. The summed E-state index contributed by atoms with van der Waals surface area (Å²) < 4.78 is 38.7. The van der Waals surface area contributed by atoms with Gasteiger partial charge in [-0.3, -0.25) is 10.1 Å². The third-order valence-corrected chi connectivity index (χ3v) is 4.45. The molecule has 9 nitrogen and oxygen atoms in total. The molecule has 1 fully saturated rings. The molecule has 2 N–H and O–H groups in total. The maximum atomic E-state index is 11.3. The Labute approximate surface area is 133 Å². The average Bonchev–Trinajstić information content (AvgIpc) is 2.52. The smallest absolute Gasteiger partial charge is 0.312 e. The van der Waals surface area contributed by atoms with Crippen LogP contribution in [0.25, 0.3) is 0 Å². The lowest BCUT2D eigenvalue weighted by Crippen LogP contribution is -2.34. The molecular weight excluding hydrogens is 328 g/mol. The van der Waals surface area contributed by atoms with Crippen molar-refractivity contribution in [3.05, 3.63) is 28.3 Å². The van der Waals surface area contributed by atoms with Gasteiger partial charge < -0.3 is 14.2 Å². The molecule has 2 rings (SSSR count). The summed E-state index contributed by atoms with van der Waals surface area (Å²) in [4.78, 5) is 10.0. The number of nitro benzene ring substituents is 1. The molecule has 1 saturated heterocycles. The molecule has 1 aromatic rings. The van der Waals surface area contributed by atoms with Crippen LogP contribution in [-0.4, -0.2) is 45.9 Å². The molecule has 0 unspecified atom stereocenters. The fraction of sp³-hybridized carbons (Fsp3) is 0.538. The number of methoxy groups -OCH3 is 1. The number of nitrogens with two attached hydrogens (primary N) is 1. The molecule has 0 aromatic heterocycles. The highest BCUT2D eigenvalue weighted by molar-refractivity contribution is 7.89. The Morgan fingerprint density at radius 2 is 2.17 bits per heavy atom. The predicted octanol–water partition coefficient (Wildman–Crippen LogP) is 0.815. The average molecular weight is 346 g/mol. The highest BCUT2D eigenvalue weighted by Crippen LogP contribution is 2.30.